The molecule has 1 unspecified atom stereocenters. The molecule has 7 heteroatoms. The number of nitrogens with zero attached hydrogens (tertiary/aromatic N) is 2. The Labute approximate surface area is 186 Å². The maximum atomic E-state index is 11.1. The van der Waals surface area contributed by atoms with Gasteiger partial charge in [-0.1, -0.05) is 25.0 Å². The molecule has 0 amide bonds. The molecular weight excluding hydrogens is 469 g/mol. The Kier molecular flexibility index (Phi) is 11.9. The fraction of sp³-hybridized carbons (Fsp3) is 0.619. The minimum Gasteiger partial charge on any atom is -0.497 e. The Morgan fingerprint density at radius 1 is 1.18 bits per heavy atom. The molecule has 2 rings (SSSR count). The van der Waals surface area contributed by atoms with Gasteiger partial charge in [-0.2, -0.15) is 0 Å². The number of likely N-dealkylation sites (tertiary alicyclic amines) is 1. The summed E-state index contributed by atoms with van der Waals surface area (Å²) in [5.74, 6) is 2.31. The van der Waals surface area contributed by atoms with Crippen LogP contribution in [0.3, 0.4) is 0 Å². The Morgan fingerprint density at radius 3 is 2.54 bits per heavy atom. The zero-order valence-corrected chi connectivity index (χ0v) is 19.6. The topological polar surface area (TPSA) is 63.2 Å². The summed E-state index contributed by atoms with van der Waals surface area (Å²) in [6, 6.07) is 8.39. The van der Waals surface area contributed by atoms with Crippen LogP contribution in [0, 0.1) is 0 Å². The van der Waals surface area contributed by atoms with Crippen molar-refractivity contribution < 1.29 is 14.3 Å². The lowest BCUT2D eigenvalue weighted by Crippen LogP contribution is -2.40. The lowest BCUT2D eigenvalue weighted by Gasteiger charge is -2.22. The number of halogens is 1. The number of ether oxygens (including phenoxy) is 2. The summed E-state index contributed by atoms with van der Waals surface area (Å²) >= 11 is 0. The fourth-order valence-corrected chi connectivity index (χ4v) is 3.48. The summed E-state index contributed by atoms with van der Waals surface area (Å²) < 4.78 is 9.90. The molecule has 1 N–H and O–H groups in total. The van der Waals surface area contributed by atoms with E-state index in [9.17, 15) is 4.79 Å². The molecule has 0 aromatic heterocycles. The molecule has 1 atom stereocenters. The van der Waals surface area contributed by atoms with Crippen molar-refractivity contribution >= 4 is 35.9 Å². The van der Waals surface area contributed by atoms with Crippen molar-refractivity contribution in [2.24, 2.45) is 4.99 Å². The van der Waals surface area contributed by atoms with E-state index in [4.69, 9.17) is 4.74 Å². The molecule has 0 saturated carbocycles. The van der Waals surface area contributed by atoms with Crippen molar-refractivity contribution in [2.45, 2.75) is 44.4 Å². The summed E-state index contributed by atoms with van der Waals surface area (Å²) in [4.78, 5) is 17.9. The molecular formula is C21H34IN3O3. The second kappa shape index (κ2) is 13.6. The van der Waals surface area contributed by atoms with Gasteiger partial charge < -0.3 is 19.7 Å². The zero-order chi connectivity index (χ0) is 19.5. The van der Waals surface area contributed by atoms with Gasteiger partial charge in [-0.25, -0.2) is 0 Å². The number of hydrogen-bond donors (Lipinski definition) is 1. The van der Waals surface area contributed by atoms with E-state index in [1.54, 1.807) is 7.11 Å². The molecule has 1 saturated heterocycles. The predicted octanol–water partition coefficient (Wildman–Crippen LogP) is 3.80. The number of aliphatic imine (C=N–C) groups is 1. The van der Waals surface area contributed by atoms with Gasteiger partial charge in [0.25, 0.3) is 0 Å². The predicted molar refractivity (Wildman–Crippen MR) is 124 cm³/mol. The number of methoxy groups -OCH3 is 2. The molecule has 1 fully saturated rings. The van der Waals surface area contributed by atoms with E-state index in [-0.39, 0.29) is 29.9 Å². The molecule has 0 bridgehead atoms. The summed E-state index contributed by atoms with van der Waals surface area (Å²) in [6.45, 7) is 2.93. The van der Waals surface area contributed by atoms with Crippen molar-refractivity contribution in [1.82, 2.24) is 10.2 Å². The van der Waals surface area contributed by atoms with Crippen LogP contribution < -0.4 is 10.1 Å². The average molecular weight is 503 g/mol. The molecule has 0 radical (unpaired) electrons. The molecule has 6 nitrogen and oxygen atoms in total. The van der Waals surface area contributed by atoms with Crippen molar-refractivity contribution in [1.29, 1.82) is 0 Å². The van der Waals surface area contributed by atoms with Gasteiger partial charge in [-0.15, -0.1) is 24.0 Å². The molecule has 1 heterocycles. The van der Waals surface area contributed by atoms with Gasteiger partial charge in [-0.3, -0.25) is 9.79 Å². The van der Waals surface area contributed by atoms with Gasteiger partial charge in [-0.05, 0) is 37.0 Å². The van der Waals surface area contributed by atoms with Crippen LogP contribution in [-0.4, -0.2) is 57.7 Å². The molecule has 0 aliphatic carbocycles. The number of esters is 1. The summed E-state index contributed by atoms with van der Waals surface area (Å²) in [5.41, 5.74) is 1.36. The third-order valence-electron chi connectivity index (χ3n) is 5.11. The number of benzene rings is 1. The Hall–Kier alpha value is -1.51. The van der Waals surface area contributed by atoms with Crippen LogP contribution in [0.1, 0.15) is 50.0 Å². The van der Waals surface area contributed by atoms with Crippen molar-refractivity contribution in [3.8, 4) is 5.75 Å². The van der Waals surface area contributed by atoms with Crippen molar-refractivity contribution in [2.75, 3.05) is 40.9 Å². The maximum absolute atomic E-state index is 11.1. The monoisotopic (exact) mass is 503 g/mol. The molecule has 1 aliphatic rings. The van der Waals surface area contributed by atoms with Gasteiger partial charge in [0.15, 0.2) is 5.96 Å². The van der Waals surface area contributed by atoms with Crippen molar-refractivity contribution in [3.63, 3.8) is 0 Å². The van der Waals surface area contributed by atoms with Gasteiger partial charge in [0.05, 0.1) is 14.2 Å². The first-order valence-electron chi connectivity index (χ1n) is 9.84. The smallest absolute Gasteiger partial charge is 0.305 e. The highest BCUT2D eigenvalue weighted by Gasteiger charge is 2.25. The quantitative estimate of drug-likeness (QED) is 0.183. The average Bonchev–Trinajstić information content (AvgIpc) is 3.19. The third-order valence-corrected chi connectivity index (χ3v) is 5.11. The van der Waals surface area contributed by atoms with E-state index in [1.165, 1.54) is 12.7 Å². The number of unbranched alkanes of at least 4 members (excludes halogenated alkanes) is 3. The highest BCUT2D eigenvalue weighted by molar-refractivity contribution is 14.0. The SMILES string of the molecule is CN=C(NCCCCCCC(=O)OC)N1CCC(c2ccc(OC)cc2)C1.I. The van der Waals surface area contributed by atoms with Gasteiger partial charge in [0, 0.05) is 39.0 Å². The Bertz CT molecular complexity index is 607. The normalized spacial score (nSPS) is 16.5. The fourth-order valence-electron chi connectivity index (χ4n) is 3.48. The van der Waals surface area contributed by atoms with Crippen LogP contribution in [0.25, 0.3) is 0 Å². The van der Waals surface area contributed by atoms with Crippen LogP contribution in [0.4, 0.5) is 0 Å². The molecule has 1 aromatic rings. The van der Waals surface area contributed by atoms with Crippen LogP contribution >= 0.6 is 24.0 Å². The first-order chi connectivity index (χ1) is 13.2. The second-order valence-electron chi connectivity index (χ2n) is 6.92. The van der Waals surface area contributed by atoms with E-state index in [0.29, 0.717) is 12.3 Å². The number of hydrogen-bond acceptors (Lipinski definition) is 4. The molecule has 0 spiro atoms. The lowest BCUT2D eigenvalue weighted by molar-refractivity contribution is -0.140. The third kappa shape index (κ3) is 7.85. The Morgan fingerprint density at radius 2 is 1.89 bits per heavy atom. The summed E-state index contributed by atoms with van der Waals surface area (Å²) in [5, 5.41) is 3.48. The van der Waals surface area contributed by atoms with E-state index in [0.717, 1.165) is 63.4 Å². The first kappa shape index (κ1) is 24.5. The van der Waals surface area contributed by atoms with Gasteiger partial charge in [0.2, 0.25) is 0 Å². The molecule has 1 aliphatic heterocycles. The molecule has 1 aromatic carbocycles. The number of guanidine groups is 1. The number of carbonyl (C=O) groups is 1. The maximum Gasteiger partial charge on any atom is 0.305 e. The van der Waals surface area contributed by atoms with E-state index in [2.05, 4.69) is 32.1 Å². The highest BCUT2D eigenvalue weighted by Crippen LogP contribution is 2.28. The van der Waals surface area contributed by atoms with Gasteiger partial charge in [0.1, 0.15) is 5.75 Å². The first-order valence-corrected chi connectivity index (χ1v) is 9.84. The highest BCUT2D eigenvalue weighted by atomic mass is 127. The van der Waals surface area contributed by atoms with E-state index < -0.39 is 0 Å². The summed E-state index contributed by atoms with van der Waals surface area (Å²) in [7, 11) is 4.98. The Balaban J connectivity index is 0.00000392. The largest absolute Gasteiger partial charge is 0.497 e. The second-order valence-corrected chi connectivity index (χ2v) is 6.92. The lowest BCUT2D eigenvalue weighted by atomic mass is 9.98. The molecule has 158 valence electrons. The summed E-state index contributed by atoms with van der Waals surface area (Å²) in [6.07, 6.45) is 5.80. The van der Waals surface area contributed by atoms with Crippen LogP contribution in [0.5, 0.6) is 5.75 Å². The number of rotatable bonds is 9. The van der Waals surface area contributed by atoms with Gasteiger partial charge >= 0.3 is 5.97 Å². The number of carbonyl (C=O) groups excluding carboxylic acids is 1. The van der Waals surface area contributed by atoms with Crippen molar-refractivity contribution in [3.05, 3.63) is 29.8 Å². The van der Waals surface area contributed by atoms with E-state index >= 15 is 0 Å². The zero-order valence-electron chi connectivity index (χ0n) is 17.3. The number of nitrogens with one attached hydrogen (secondary N) is 1. The minimum absolute atomic E-state index is 0. The van der Waals surface area contributed by atoms with Crippen LogP contribution in [-0.2, 0) is 9.53 Å². The van der Waals surface area contributed by atoms with E-state index in [1.807, 2.05) is 19.2 Å². The minimum atomic E-state index is -0.117. The van der Waals surface area contributed by atoms with Crippen LogP contribution in [0.2, 0.25) is 0 Å². The standard InChI is InChI=1S/C21H33N3O3.HI/c1-22-21(23-14-7-5-4-6-8-20(25)27-3)24-15-13-18(16-24)17-9-11-19(26-2)12-10-17;/h9-12,18H,4-8,13-16H2,1-3H3,(H,22,23);1H. The van der Waals surface area contributed by atoms with Crippen LogP contribution in [0.15, 0.2) is 29.3 Å². The molecule has 28 heavy (non-hydrogen) atoms.